The lowest BCUT2D eigenvalue weighted by atomic mass is 10.1. The Labute approximate surface area is 122 Å². The summed E-state index contributed by atoms with van der Waals surface area (Å²) >= 11 is 1.44. The van der Waals surface area contributed by atoms with Crippen molar-refractivity contribution in [3.05, 3.63) is 52.1 Å². The third-order valence-corrected chi connectivity index (χ3v) is 4.22. The molecule has 0 amide bonds. The Bertz CT molecular complexity index is 606. The van der Waals surface area contributed by atoms with E-state index in [0.29, 0.717) is 23.0 Å². The monoisotopic (exact) mass is 291 g/mol. The molecule has 0 fully saturated rings. The highest BCUT2D eigenvalue weighted by molar-refractivity contribution is 7.98. The zero-order chi connectivity index (χ0) is 14.7. The molecule has 106 valence electrons. The summed E-state index contributed by atoms with van der Waals surface area (Å²) in [7, 11) is 0. The Kier molecular flexibility index (Phi) is 4.73. The fourth-order valence-corrected chi connectivity index (χ4v) is 2.70. The van der Waals surface area contributed by atoms with Crippen LogP contribution in [0.15, 0.2) is 23.4 Å². The summed E-state index contributed by atoms with van der Waals surface area (Å²) in [5.41, 5.74) is 9.98. The molecule has 2 N–H and O–H groups in total. The molecule has 0 saturated heterocycles. The van der Waals surface area contributed by atoms with Crippen LogP contribution in [0.2, 0.25) is 0 Å². The van der Waals surface area contributed by atoms with Crippen LogP contribution in [0.5, 0.6) is 0 Å². The van der Waals surface area contributed by atoms with E-state index >= 15 is 0 Å². The van der Waals surface area contributed by atoms with Crippen molar-refractivity contribution in [2.24, 2.45) is 5.73 Å². The van der Waals surface area contributed by atoms with Crippen molar-refractivity contribution < 1.29 is 4.39 Å². The van der Waals surface area contributed by atoms with Crippen LogP contribution in [-0.2, 0) is 12.3 Å². The first kappa shape index (κ1) is 14.9. The van der Waals surface area contributed by atoms with Gasteiger partial charge in [-0.05, 0) is 43.5 Å². The van der Waals surface area contributed by atoms with Gasteiger partial charge in [-0.15, -0.1) is 0 Å². The van der Waals surface area contributed by atoms with Gasteiger partial charge in [0.15, 0.2) is 5.16 Å². The summed E-state index contributed by atoms with van der Waals surface area (Å²) in [6.07, 6.45) is 0. The minimum absolute atomic E-state index is 0.221. The molecular formula is C15H18FN3S. The second-order valence-electron chi connectivity index (χ2n) is 4.72. The highest BCUT2D eigenvalue weighted by Gasteiger charge is 2.08. The van der Waals surface area contributed by atoms with Gasteiger partial charge in [-0.3, -0.25) is 0 Å². The van der Waals surface area contributed by atoms with E-state index in [2.05, 4.69) is 9.97 Å². The van der Waals surface area contributed by atoms with Gasteiger partial charge < -0.3 is 5.73 Å². The molecule has 1 heterocycles. The fourth-order valence-electron chi connectivity index (χ4n) is 1.78. The number of hydrogen-bond donors (Lipinski definition) is 1. The van der Waals surface area contributed by atoms with Crippen LogP contribution in [-0.4, -0.2) is 9.97 Å². The van der Waals surface area contributed by atoms with Gasteiger partial charge in [0.1, 0.15) is 5.82 Å². The second-order valence-corrected chi connectivity index (χ2v) is 5.66. The quantitative estimate of drug-likeness (QED) is 0.693. The third-order valence-electron chi connectivity index (χ3n) is 3.32. The molecule has 0 aliphatic rings. The van der Waals surface area contributed by atoms with Gasteiger partial charge in [0.25, 0.3) is 0 Å². The fraction of sp³-hybridized carbons (Fsp3) is 0.333. The van der Waals surface area contributed by atoms with Crippen LogP contribution in [0.1, 0.15) is 28.1 Å². The van der Waals surface area contributed by atoms with E-state index in [0.717, 1.165) is 22.5 Å². The van der Waals surface area contributed by atoms with E-state index in [1.807, 2.05) is 26.8 Å². The Morgan fingerprint density at radius 1 is 1.15 bits per heavy atom. The zero-order valence-electron chi connectivity index (χ0n) is 11.9. The molecule has 3 nitrogen and oxygen atoms in total. The summed E-state index contributed by atoms with van der Waals surface area (Å²) in [6, 6.07) is 5.12. The van der Waals surface area contributed by atoms with E-state index < -0.39 is 0 Å². The minimum atomic E-state index is -0.221. The molecule has 1 aromatic heterocycles. The number of benzene rings is 1. The maximum absolute atomic E-state index is 13.9. The average Bonchev–Trinajstić information content (AvgIpc) is 2.43. The summed E-state index contributed by atoms with van der Waals surface area (Å²) in [5.74, 6) is 0.291. The summed E-state index contributed by atoms with van der Waals surface area (Å²) in [4.78, 5) is 8.84. The normalized spacial score (nSPS) is 10.8. The van der Waals surface area contributed by atoms with E-state index in [1.54, 1.807) is 6.07 Å². The largest absolute Gasteiger partial charge is 0.326 e. The first-order valence-electron chi connectivity index (χ1n) is 6.43. The molecular weight excluding hydrogens is 273 g/mol. The average molecular weight is 291 g/mol. The number of halogens is 1. The third kappa shape index (κ3) is 3.35. The number of nitrogens with two attached hydrogens (primary N) is 1. The SMILES string of the molecule is Cc1nc(SCc2ccc(CN)cc2F)nc(C)c1C. The van der Waals surface area contributed by atoms with Crippen LogP contribution < -0.4 is 5.73 Å². The maximum atomic E-state index is 13.9. The lowest BCUT2D eigenvalue weighted by molar-refractivity contribution is 0.615. The summed E-state index contributed by atoms with van der Waals surface area (Å²) < 4.78 is 13.9. The molecule has 0 unspecified atom stereocenters. The van der Waals surface area contributed by atoms with Gasteiger partial charge in [0.05, 0.1) is 0 Å². The number of aromatic nitrogens is 2. The molecule has 20 heavy (non-hydrogen) atoms. The van der Waals surface area contributed by atoms with E-state index in [9.17, 15) is 4.39 Å². The number of nitrogens with zero attached hydrogens (tertiary/aromatic N) is 2. The molecule has 1 aromatic carbocycles. The van der Waals surface area contributed by atoms with E-state index in [-0.39, 0.29) is 5.82 Å². The Balaban J connectivity index is 2.13. The van der Waals surface area contributed by atoms with Gasteiger partial charge in [0.2, 0.25) is 0 Å². The van der Waals surface area contributed by atoms with Crippen LogP contribution in [0.4, 0.5) is 4.39 Å². The Morgan fingerprint density at radius 2 is 1.80 bits per heavy atom. The molecule has 0 aliphatic carbocycles. The van der Waals surface area contributed by atoms with Crippen molar-refractivity contribution in [2.75, 3.05) is 0 Å². The van der Waals surface area contributed by atoms with Gasteiger partial charge in [-0.1, -0.05) is 23.9 Å². The molecule has 0 radical (unpaired) electrons. The molecule has 0 bridgehead atoms. The molecule has 0 aliphatic heterocycles. The predicted octanol–water partition coefficient (Wildman–Crippen LogP) is 3.29. The van der Waals surface area contributed by atoms with Crippen molar-refractivity contribution in [2.45, 2.75) is 38.2 Å². The first-order chi connectivity index (χ1) is 9.51. The van der Waals surface area contributed by atoms with E-state index in [1.165, 1.54) is 17.8 Å². The molecule has 0 saturated carbocycles. The van der Waals surface area contributed by atoms with Crippen LogP contribution in [0, 0.1) is 26.6 Å². The summed E-state index contributed by atoms with van der Waals surface area (Å²) in [5, 5.41) is 0.688. The standard InChI is InChI=1S/C15H18FN3S/c1-9-10(2)18-15(19-11(9)3)20-8-13-5-4-12(7-17)6-14(13)16/h4-6H,7-8,17H2,1-3H3. The molecule has 0 atom stereocenters. The number of hydrogen-bond acceptors (Lipinski definition) is 4. The van der Waals surface area contributed by atoms with Crippen molar-refractivity contribution in [1.29, 1.82) is 0 Å². The Morgan fingerprint density at radius 3 is 2.35 bits per heavy atom. The van der Waals surface area contributed by atoms with Gasteiger partial charge in [0, 0.05) is 23.7 Å². The second kappa shape index (κ2) is 6.33. The topological polar surface area (TPSA) is 51.8 Å². The Hall–Kier alpha value is -1.46. The van der Waals surface area contributed by atoms with Gasteiger partial charge in [-0.25, -0.2) is 14.4 Å². The zero-order valence-corrected chi connectivity index (χ0v) is 12.7. The van der Waals surface area contributed by atoms with E-state index in [4.69, 9.17) is 5.73 Å². The molecule has 0 spiro atoms. The molecule has 2 rings (SSSR count). The highest BCUT2D eigenvalue weighted by Crippen LogP contribution is 2.23. The number of rotatable bonds is 4. The maximum Gasteiger partial charge on any atom is 0.188 e. The highest BCUT2D eigenvalue weighted by atomic mass is 32.2. The van der Waals surface area contributed by atoms with Crippen LogP contribution >= 0.6 is 11.8 Å². The first-order valence-corrected chi connectivity index (χ1v) is 7.42. The smallest absolute Gasteiger partial charge is 0.188 e. The predicted molar refractivity (Wildman–Crippen MR) is 80.1 cm³/mol. The van der Waals surface area contributed by atoms with Crippen molar-refractivity contribution >= 4 is 11.8 Å². The molecule has 2 aromatic rings. The molecule has 5 heteroatoms. The lowest BCUT2D eigenvalue weighted by Gasteiger charge is -2.08. The van der Waals surface area contributed by atoms with Crippen molar-refractivity contribution in [1.82, 2.24) is 9.97 Å². The van der Waals surface area contributed by atoms with Gasteiger partial charge >= 0.3 is 0 Å². The van der Waals surface area contributed by atoms with Crippen LogP contribution in [0.25, 0.3) is 0 Å². The summed E-state index contributed by atoms with van der Waals surface area (Å²) in [6.45, 7) is 6.28. The van der Waals surface area contributed by atoms with Crippen molar-refractivity contribution in [3.8, 4) is 0 Å². The minimum Gasteiger partial charge on any atom is -0.326 e. The van der Waals surface area contributed by atoms with Crippen molar-refractivity contribution in [3.63, 3.8) is 0 Å². The number of thioether (sulfide) groups is 1. The van der Waals surface area contributed by atoms with Gasteiger partial charge in [-0.2, -0.15) is 0 Å². The number of aryl methyl sites for hydroxylation is 2. The van der Waals surface area contributed by atoms with Crippen LogP contribution in [0.3, 0.4) is 0 Å². The lowest BCUT2D eigenvalue weighted by Crippen LogP contribution is -2.00.